The average Bonchev–Trinajstić information content (AvgIpc) is 3.07. The molecule has 1 saturated heterocycles. The van der Waals surface area contributed by atoms with Gasteiger partial charge in [-0.25, -0.2) is 18.9 Å². The lowest BCUT2D eigenvalue weighted by Gasteiger charge is -2.38. The van der Waals surface area contributed by atoms with Gasteiger partial charge in [-0.15, -0.1) is 6.58 Å². The van der Waals surface area contributed by atoms with Crippen molar-refractivity contribution >= 4 is 29.1 Å². The SMILES string of the molecule is C=CC(C(C)C(=C)CCN(CC)C1=NC=NC(OC2CC[N+](C)(C(=O)OC(C)CCN(C)CC(C)C(F)C(C)CC=CC)CC2)C1)S(C)=O. The Bertz CT molecular complexity index is 1170. The van der Waals surface area contributed by atoms with Crippen molar-refractivity contribution in [1.29, 1.82) is 0 Å². The summed E-state index contributed by atoms with van der Waals surface area (Å²) in [6.45, 7) is 24.4. The fourth-order valence-corrected chi connectivity index (χ4v) is 7.74. The van der Waals surface area contributed by atoms with E-state index in [1.54, 1.807) is 18.7 Å². The molecule has 0 spiro atoms. The number of alkyl halides is 1. The minimum atomic E-state index is -0.991. The number of halogens is 1. The van der Waals surface area contributed by atoms with Gasteiger partial charge >= 0.3 is 6.09 Å². The molecule has 0 saturated carbocycles. The van der Waals surface area contributed by atoms with E-state index in [2.05, 4.69) is 46.8 Å². The molecule has 9 nitrogen and oxygen atoms in total. The van der Waals surface area contributed by atoms with Crippen molar-refractivity contribution < 1.29 is 27.4 Å². The number of hydrogen-bond donors (Lipinski definition) is 0. The minimum Gasteiger partial charge on any atom is -0.417 e. The van der Waals surface area contributed by atoms with Crippen LogP contribution in [0, 0.1) is 17.8 Å². The van der Waals surface area contributed by atoms with E-state index in [0.717, 1.165) is 56.7 Å². The molecule has 1 amide bonds. The van der Waals surface area contributed by atoms with Gasteiger partial charge in [0, 0.05) is 62.0 Å². The molecule has 0 aromatic rings. The molecule has 2 heterocycles. The highest BCUT2D eigenvalue weighted by atomic mass is 32.2. The molecular weight excluding hydrogens is 642 g/mol. The average molecular weight is 709 g/mol. The highest BCUT2D eigenvalue weighted by molar-refractivity contribution is 7.85. The van der Waals surface area contributed by atoms with Crippen molar-refractivity contribution in [3.05, 3.63) is 37.0 Å². The number of quaternary nitrogens is 1. The maximum absolute atomic E-state index is 14.9. The first-order valence-corrected chi connectivity index (χ1v) is 19.9. The summed E-state index contributed by atoms with van der Waals surface area (Å²) >= 11 is 0. The van der Waals surface area contributed by atoms with Crippen molar-refractivity contribution in [2.24, 2.45) is 27.7 Å². The Morgan fingerprint density at radius 2 is 1.88 bits per heavy atom. The third kappa shape index (κ3) is 13.8. The van der Waals surface area contributed by atoms with E-state index in [1.165, 1.54) is 0 Å². The number of amidine groups is 1. The molecule has 8 atom stereocenters. The molecule has 0 radical (unpaired) electrons. The van der Waals surface area contributed by atoms with Crippen molar-refractivity contribution in [2.75, 3.05) is 59.6 Å². The van der Waals surface area contributed by atoms with Crippen LogP contribution in [0.5, 0.6) is 0 Å². The van der Waals surface area contributed by atoms with Gasteiger partial charge in [0.1, 0.15) is 24.4 Å². The third-order valence-electron chi connectivity index (χ3n) is 10.3. The molecule has 0 bridgehead atoms. The molecule has 1 fully saturated rings. The Balaban J connectivity index is 1.77. The number of hydrogen-bond acceptors (Lipinski definition) is 8. The van der Waals surface area contributed by atoms with Gasteiger partial charge in [-0.3, -0.25) is 4.21 Å². The van der Waals surface area contributed by atoms with Gasteiger partial charge in [0.25, 0.3) is 0 Å². The Morgan fingerprint density at radius 1 is 1.20 bits per heavy atom. The molecule has 8 unspecified atom stereocenters. The lowest BCUT2D eigenvalue weighted by Crippen LogP contribution is -2.56. The Labute approximate surface area is 299 Å². The van der Waals surface area contributed by atoms with E-state index in [1.807, 2.05) is 53.9 Å². The van der Waals surface area contributed by atoms with Gasteiger partial charge in [0.2, 0.25) is 0 Å². The fraction of sp³-hybridized carbons (Fsp3) is 0.763. The number of piperidine rings is 1. The van der Waals surface area contributed by atoms with Crippen molar-refractivity contribution in [2.45, 2.75) is 110 Å². The predicted octanol–water partition coefficient (Wildman–Crippen LogP) is 7.03. The van der Waals surface area contributed by atoms with Crippen LogP contribution in [0.4, 0.5) is 9.18 Å². The topological polar surface area (TPSA) is 83.8 Å². The molecule has 280 valence electrons. The van der Waals surface area contributed by atoms with Crippen LogP contribution in [0.25, 0.3) is 0 Å². The highest BCUT2D eigenvalue weighted by Gasteiger charge is 2.40. The minimum absolute atomic E-state index is 0.00485. The Kier molecular flexibility index (Phi) is 18.6. The van der Waals surface area contributed by atoms with Gasteiger partial charge in [0.15, 0.2) is 6.23 Å². The van der Waals surface area contributed by atoms with Crippen LogP contribution < -0.4 is 0 Å². The Morgan fingerprint density at radius 3 is 2.47 bits per heavy atom. The number of aliphatic imine (C=N–C) groups is 2. The zero-order chi connectivity index (χ0) is 36.7. The number of allylic oxidation sites excluding steroid dienone is 2. The monoisotopic (exact) mass is 708 g/mol. The predicted molar refractivity (Wildman–Crippen MR) is 203 cm³/mol. The molecular formula is C38H67FN5O4S+. The Hall–Kier alpha value is -2.21. The van der Waals surface area contributed by atoms with Crippen LogP contribution in [0.1, 0.15) is 80.1 Å². The van der Waals surface area contributed by atoms with Gasteiger partial charge in [0.05, 0.1) is 37.9 Å². The van der Waals surface area contributed by atoms with Crippen LogP contribution in [0.3, 0.4) is 0 Å². The molecule has 0 N–H and O–H groups in total. The summed E-state index contributed by atoms with van der Waals surface area (Å²) in [4.78, 5) is 26.7. The first-order chi connectivity index (χ1) is 23.1. The van der Waals surface area contributed by atoms with Crippen LogP contribution in [0.2, 0.25) is 0 Å². The van der Waals surface area contributed by atoms with Crippen molar-refractivity contribution in [1.82, 2.24) is 9.80 Å². The van der Waals surface area contributed by atoms with Gasteiger partial charge in [-0.1, -0.05) is 51.2 Å². The number of likely N-dealkylation sites (tertiary alicyclic amines) is 1. The molecule has 2 aliphatic rings. The number of rotatable bonds is 20. The second-order valence-corrected chi connectivity index (χ2v) is 16.1. The van der Waals surface area contributed by atoms with E-state index in [0.29, 0.717) is 32.5 Å². The molecule has 11 heteroatoms. The summed E-state index contributed by atoms with van der Waals surface area (Å²) in [6.07, 6.45) is 11.8. The lowest BCUT2D eigenvalue weighted by molar-refractivity contribution is -0.844. The van der Waals surface area contributed by atoms with E-state index < -0.39 is 17.0 Å². The third-order valence-corrected chi connectivity index (χ3v) is 11.7. The summed E-state index contributed by atoms with van der Waals surface area (Å²) in [5.41, 5.74) is 1.06. The first kappa shape index (κ1) is 43.0. The molecule has 0 aromatic carbocycles. The number of amides is 1. The first-order valence-electron chi connectivity index (χ1n) is 18.3. The number of nitrogens with zero attached hydrogens (tertiary/aromatic N) is 5. The zero-order valence-corrected chi connectivity index (χ0v) is 32.8. The maximum atomic E-state index is 14.9. The largest absolute Gasteiger partial charge is 0.516 e. The van der Waals surface area contributed by atoms with Gasteiger partial charge in [-0.05, 0) is 58.9 Å². The van der Waals surface area contributed by atoms with E-state index in [-0.39, 0.29) is 52.0 Å². The standard InChI is InChI=1S/C38H67FN5O4S/c1-12-15-16-29(5)37(39)30(6)26-42(9)21-18-31(7)47-38(45)44(10)23-19-33(20-24-44)48-36-25-35(40-27-41-36)43(14-3)22-17-28(4)32(8)34(13-2)49(11)46/h12-13,15,27,29-34,36-37H,2,4,14,16-26H2,1,3,5-11H3/q+1. The zero-order valence-electron chi connectivity index (χ0n) is 32.0. The summed E-state index contributed by atoms with van der Waals surface area (Å²) in [7, 11) is 2.96. The number of ether oxygens (including phenoxy) is 2. The van der Waals surface area contributed by atoms with Crippen LogP contribution in [0.15, 0.2) is 46.9 Å². The van der Waals surface area contributed by atoms with E-state index in [9.17, 15) is 13.4 Å². The molecule has 0 aliphatic carbocycles. The molecule has 2 aliphatic heterocycles. The summed E-state index contributed by atoms with van der Waals surface area (Å²) in [6, 6.07) is 0. The molecule has 0 aromatic heterocycles. The summed E-state index contributed by atoms with van der Waals surface area (Å²) in [5, 5.41) is -0.105. The van der Waals surface area contributed by atoms with Crippen molar-refractivity contribution in [3.63, 3.8) is 0 Å². The van der Waals surface area contributed by atoms with E-state index >= 15 is 0 Å². The van der Waals surface area contributed by atoms with Crippen molar-refractivity contribution in [3.8, 4) is 0 Å². The number of carbonyl (C=O) groups is 1. The molecule has 2 rings (SSSR count). The molecule has 49 heavy (non-hydrogen) atoms. The second-order valence-electron chi connectivity index (χ2n) is 14.6. The maximum Gasteiger partial charge on any atom is 0.516 e. The lowest BCUT2D eigenvalue weighted by atomic mass is 9.92. The van der Waals surface area contributed by atoms with Crippen LogP contribution in [-0.4, -0.2) is 126 Å². The number of carbonyl (C=O) groups excluding carboxylic acids is 1. The highest BCUT2D eigenvalue weighted by Crippen LogP contribution is 2.26. The van der Waals surface area contributed by atoms with Crippen LogP contribution >= 0.6 is 0 Å². The van der Waals surface area contributed by atoms with Gasteiger partial charge < -0.3 is 19.3 Å². The summed E-state index contributed by atoms with van der Waals surface area (Å²) in [5.74, 6) is 0.961. The quantitative estimate of drug-likeness (QED) is 0.0998. The fourth-order valence-electron chi connectivity index (χ4n) is 6.71. The van der Waals surface area contributed by atoms with Gasteiger partial charge in [-0.2, -0.15) is 4.79 Å². The van der Waals surface area contributed by atoms with Crippen LogP contribution in [-0.2, 0) is 20.3 Å². The second kappa shape index (κ2) is 21.2. The van der Waals surface area contributed by atoms with E-state index in [4.69, 9.17) is 9.47 Å². The summed E-state index contributed by atoms with van der Waals surface area (Å²) < 4.78 is 39.5. The normalized spacial score (nSPS) is 25.6. The smallest absolute Gasteiger partial charge is 0.417 e.